The number of thiophene rings is 1. The Morgan fingerprint density at radius 3 is 2.71 bits per heavy atom. The fraction of sp³-hybridized carbons (Fsp3) is 0.222. The number of carbonyl (C=O) groups is 1. The van der Waals surface area contributed by atoms with Crippen LogP contribution in [-0.4, -0.2) is 43.0 Å². The van der Waals surface area contributed by atoms with Gasteiger partial charge in [0.15, 0.2) is 5.13 Å². The number of thiazole rings is 1. The van der Waals surface area contributed by atoms with Gasteiger partial charge in [0.25, 0.3) is 5.91 Å². The summed E-state index contributed by atoms with van der Waals surface area (Å²) in [6, 6.07) is 11.9. The van der Waals surface area contributed by atoms with E-state index in [-0.39, 0.29) is 5.91 Å². The maximum Gasteiger partial charge on any atom is 0.252 e. The molecule has 124 valence electrons. The number of carbonyl (C=O) groups excluding carboxylic acids is 1. The zero-order chi connectivity index (χ0) is 16.9. The lowest BCUT2D eigenvalue weighted by molar-refractivity contribution is -0.114. The van der Waals surface area contributed by atoms with Crippen LogP contribution in [-0.2, 0) is 4.79 Å². The predicted octanol–water partition coefficient (Wildman–Crippen LogP) is 3.97. The number of nitrogens with zero attached hydrogens (tertiary/aromatic N) is 3. The lowest BCUT2D eigenvalue weighted by Gasteiger charge is -2.20. The Bertz CT molecular complexity index is 804. The normalized spacial score (nSPS) is 11.6. The third kappa shape index (κ3) is 4.08. The van der Waals surface area contributed by atoms with Crippen molar-refractivity contribution < 1.29 is 4.79 Å². The monoisotopic (exact) mass is 357 g/mol. The van der Waals surface area contributed by atoms with E-state index >= 15 is 0 Å². The van der Waals surface area contributed by atoms with E-state index in [9.17, 15) is 4.79 Å². The summed E-state index contributed by atoms with van der Waals surface area (Å²) in [4.78, 5) is 22.2. The largest absolute Gasteiger partial charge is 0.308 e. The molecule has 24 heavy (non-hydrogen) atoms. The highest BCUT2D eigenvalue weighted by Crippen LogP contribution is 2.28. The van der Waals surface area contributed by atoms with Crippen LogP contribution in [0.3, 0.4) is 0 Å². The molecule has 3 aromatic rings. The summed E-state index contributed by atoms with van der Waals surface area (Å²) in [5.41, 5.74) is 0.933. The number of benzene rings is 1. The number of anilines is 1. The van der Waals surface area contributed by atoms with Gasteiger partial charge in [0, 0.05) is 24.0 Å². The van der Waals surface area contributed by atoms with Crippen molar-refractivity contribution in [2.24, 2.45) is 0 Å². The molecule has 2 aromatic heterocycles. The van der Waals surface area contributed by atoms with Gasteiger partial charge in [0.2, 0.25) is 0 Å². The second-order valence-corrected chi connectivity index (χ2v) is 7.59. The van der Waals surface area contributed by atoms with Gasteiger partial charge in [0.05, 0.1) is 10.2 Å². The Morgan fingerprint density at radius 1 is 1.17 bits per heavy atom. The van der Waals surface area contributed by atoms with Gasteiger partial charge >= 0.3 is 0 Å². The number of rotatable bonds is 6. The Kier molecular flexibility index (Phi) is 5.40. The molecule has 1 amide bonds. The molecule has 0 N–H and O–H groups in total. The van der Waals surface area contributed by atoms with Gasteiger partial charge in [-0.2, -0.15) is 0 Å². The fourth-order valence-electron chi connectivity index (χ4n) is 2.21. The number of amides is 1. The van der Waals surface area contributed by atoms with Crippen LogP contribution in [0.1, 0.15) is 4.88 Å². The molecule has 0 radical (unpaired) electrons. The summed E-state index contributed by atoms with van der Waals surface area (Å²) in [5.74, 6) is -0.0377. The predicted molar refractivity (Wildman–Crippen MR) is 104 cm³/mol. The SMILES string of the molecule is CN(C)CCN(C(=O)/C=C/c1cccs1)c1nc2ccccc2s1. The van der Waals surface area contributed by atoms with Crippen molar-refractivity contribution in [3.8, 4) is 0 Å². The molecule has 0 saturated carbocycles. The highest BCUT2D eigenvalue weighted by molar-refractivity contribution is 7.22. The second kappa shape index (κ2) is 7.70. The van der Waals surface area contributed by atoms with Crippen LogP contribution in [0, 0.1) is 0 Å². The topological polar surface area (TPSA) is 36.4 Å². The van der Waals surface area contributed by atoms with Gasteiger partial charge < -0.3 is 4.90 Å². The molecule has 2 heterocycles. The minimum absolute atomic E-state index is 0.0377. The van der Waals surface area contributed by atoms with E-state index in [4.69, 9.17) is 0 Å². The zero-order valence-electron chi connectivity index (χ0n) is 13.7. The summed E-state index contributed by atoms with van der Waals surface area (Å²) in [5, 5.41) is 2.75. The average Bonchev–Trinajstić information content (AvgIpc) is 3.22. The number of likely N-dealkylation sites (N-methyl/N-ethyl adjacent to an activating group) is 1. The number of aromatic nitrogens is 1. The quantitative estimate of drug-likeness (QED) is 0.627. The van der Waals surface area contributed by atoms with Crippen molar-refractivity contribution >= 4 is 50.0 Å². The summed E-state index contributed by atoms with van der Waals surface area (Å²) in [6.45, 7) is 1.40. The lowest BCUT2D eigenvalue weighted by atomic mass is 10.3. The van der Waals surface area contributed by atoms with Crippen LogP contribution in [0.25, 0.3) is 16.3 Å². The zero-order valence-corrected chi connectivity index (χ0v) is 15.3. The minimum Gasteiger partial charge on any atom is -0.308 e. The number of hydrogen-bond donors (Lipinski definition) is 0. The Balaban J connectivity index is 1.85. The maximum atomic E-state index is 12.7. The second-order valence-electron chi connectivity index (χ2n) is 5.61. The molecule has 6 heteroatoms. The van der Waals surface area contributed by atoms with Gasteiger partial charge in [0.1, 0.15) is 0 Å². The molecule has 0 unspecified atom stereocenters. The summed E-state index contributed by atoms with van der Waals surface area (Å²) in [6.07, 6.45) is 3.50. The van der Waals surface area contributed by atoms with E-state index in [2.05, 4.69) is 9.88 Å². The molecule has 0 aliphatic carbocycles. The van der Waals surface area contributed by atoms with Crippen molar-refractivity contribution in [2.45, 2.75) is 0 Å². The van der Waals surface area contributed by atoms with E-state index in [1.165, 1.54) is 0 Å². The van der Waals surface area contributed by atoms with Gasteiger partial charge in [-0.15, -0.1) is 11.3 Å². The standard InChI is InChI=1S/C18H19N3OS2/c1-20(2)11-12-21(17(22)10-9-14-6-5-13-23-14)18-19-15-7-3-4-8-16(15)24-18/h3-10,13H,11-12H2,1-2H3/b10-9+. The Morgan fingerprint density at radius 2 is 2.00 bits per heavy atom. The number of hydrogen-bond acceptors (Lipinski definition) is 5. The highest BCUT2D eigenvalue weighted by Gasteiger charge is 2.17. The van der Waals surface area contributed by atoms with Gasteiger partial charge in [-0.05, 0) is 43.8 Å². The summed E-state index contributed by atoms with van der Waals surface area (Å²) in [7, 11) is 4.00. The first-order valence-electron chi connectivity index (χ1n) is 7.67. The van der Waals surface area contributed by atoms with Gasteiger partial charge in [-0.1, -0.05) is 29.5 Å². The van der Waals surface area contributed by atoms with E-state index in [0.717, 1.165) is 26.8 Å². The van der Waals surface area contributed by atoms with Crippen LogP contribution in [0.15, 0.2) is 47.9 Å². The Hall–Kier alpha value is -2.02. The van der Waals surface area contributed by atoms with Crippen LogP contribution < -0.4 is 4.90 Å². The first kappa shape index (κ1) is 16.8. The molecule has 0 fully saturated rings. The summed E-state index contributed by atoms with van der Waals surface area (Å²) < 4.78 is 1.09. The van der Waals surface area contributed by atoms with Crippen LogP contribution in [0.5, 0.6) is 0 Å². The van der Waals surface area contributed by atoms with Crippen molar-refractivity contribution in [3.63, 3.8) is 0 Å². The third-order valence-corrected chi connectivity index (χ3v) is 5.38. The lowest BCUT2D eigenvalue weighted by Crippen LogP contribution is -2.35. The number of para-hydroxylation sites is 1. The molecule has 1 aromatic carbocycles. The molecule has 3 rings (SSSR count). The minimum atomic E-state index is -0.0377. The molecule has 0 saturated heterocycles. The molecule has 4 nitrogen and oxygen atoms in total. The maximum absolute atomic E-state index is 12.7. The first-order chi connectivity index (χ1) is 11.6. The molecular weight excluding hydrogens is 338 g/mol. The molecule has 0 aliphatic rings. The number of fused-ring (bicyclic) bond motifs is 1. The van der Waals surface area contributed by atoms with Crippen molar-refractivity contribution in [2.75, 3.05) is 32.1 Å². The molecule has 0 spiro atoms. The highest BCUT2D eigenvalue weighted by atomic mass is 32.1. The van der Waals surface area contributed by atoms with Crippen LogP contribution in [0.2, 0.25) is 0 Å². The van der Waals surface area contributed by atoms with E-state index in [1.807, 2.05) is 61.9 Å². The summed E-state index contributed by atoms with van der Waals surface area (Å²) >= 11 is 3.17. The van der Waals surface area contributed by atoms with Gasteiger partial charge in [-0.25, -0.2) is 4.98 Å². The van der Waals surface area contributed by atoms with Crippen molar-refractivity contribution in [1.82, 2.24) is 9.88 Å². The van der Waals surface area contributed by atoms with Gasteiger partial charge in [-0.3, -0.25) is 9.69 Å². The molecule has 0 bridgehead atoms. The van der Waals surface area contributed by atoms with Crippen LogP contribution >= 0.6 is 22.7 Å². The third-order valence-electron chi connectivity index (χ3n) is 3.48. The van der Waals surface area contributed by atoms with E-state index in [0.29, 0.717) is 6.54 Å². The van der Waals surface area contributed by atoms with Crippen LogP contribution in [0.4, 0.5) is 5.13 Å². The first-order valence-corrected chi connectivity index (χ1v) is 9.36. The molecule has 0 aliphatic heterocycles. The molecule has 0 atom stereocenters. The van der Waals surface area contributed by atoms with E-state index in [1.54, 1.807) is 33.6 Å². The van der Waals surface area contributed by atoms with E-state index < -0.39 is 0 Å². The Labute approximate surface area is 149 Å². The fourth-order valence-corrected chi connectivity index (χ4v) is 3.82. The average molecular weight is 358 g/mol. The molecular formula is C18H19N3OS2. The van der Waals surface area contributed by atoms with Crippen molar-refractivity contribution in [3.05, 3.63) is 52.7 Å². The van der Waals surface area contributed by atoms with Crippen molar-refractivity contribution in [1.29, 1.82) is 0 Å². The smallest absolute Gasteiger partial charge is 0.252 e.